The van der Waals surface area contributed by atoms with E-state index in [1.54, 1.807) is 0 Å². The topological polar surface area (TPSA) is 275 Å². The molecular weight excluding hydrogens is 817 g/mol. The number of ether oxygens (including phenoxy) is 2. The smallest absolute Gasteiger partial charge is 0.326 e. The summed E-state index contributed by atoms with van der Waals surface area (Å²) in [7, 11) is 2.68. The summed E-state index contributed by atoms with van der Waals surface area (Å²) < 4.78 is 9.23. The van der Waals surface area contributed by atoms with E-state index in [2.05, 4.69) is 20.7 Å². The van der Waals surface area contributed by atoms with Gasteiger partial charge in [0, 0.05) is 33.6 Å². The van der Waals surface area contributed by atoms with E-state index in [4.69, 9.17) is 15.6 Å². The van der Waals surface area contributed by atoms with Crippen molar-refractivity contribution >= 4 is 53.2 Å². The SMILES string of the molecule is CC(=O)N[C@@H](CC(C)C)C(=O)C[C@@H](CC(C)C)C(=O)O.CC(=O)N[C@@H](CC(C)C)C(=O)O.COC(=O)[C@@H](CC(=O)[C@H](CC(C)C)NC(C)=O)CC(C)C.COC(=O)[C@@H](N)CC(C)C. The van der Waals surface area contributed by atoms with Crippen LogP contribution in [0.3, 0.4) is 0 Å². The lowest BCUT2D eigenvalue weighted by Gasteiger charge is -2.22. The Labute approximate surface area is 377 Å². The van der Waals surface area contributed by atoms with E-state index < -0.39 is 47.9 Å². The average molecular weight is 903 g/mol. The van der Waals surface area contributed by atoms with Crippen LogP contribution in [0.4, 0.5) is 0 Å². The molecule has 0 aliphatic rings. The van der Waals surface area contributed by atoms with Gasteiger partial charge in [0.05, 0.1) is 38.1 Å². The van der Waals surface area contributed by atoms with Crippen molar-refractivity contribution < 1.29 is 62.8 Å². The number of nitrogens with one attached hydrogen (secondary N) is 3. The molecule has 0 unspecified atom stereocenters. The Balaban J connectivity index is -0.000000385. The number of hydrogen-bond acceptors (Lipinski definition) is 12. The van der Waals surface area contributed by atoms with E-state index >= 15 is 0 Å². The zero-order chi connectivity index (χ0) is 50.3. The summed E-state index contributed by atoms with van der Waals surface area (Å²) in [5.74, 6) is -3.05. The first kappa shape index (κ1) is 65.2. The van der Waals surface area contributed by atoms with Gasteiger partial charge < -0.3 is 41.4 Å². The molecule has 0 rings (SSSR count). The number of amides is 3. The van der Waals surface area contributed by atoms with Gasteiger partial charge in [-0.05, 0) is 74.0 Å². The van der Waals surface area contributed by atoms with Gasteiger partial charge in [-0.25, -0.2) is 4.79 Å². The molecular formula is C46H86N4O13. The number of rotatable bonds is 25. The summed E-state index contributed by atoms with van der Waals surface area (Å²) >= 11 is 0. The summed E-state index contributed by atoms with van der Waals surface area (Å²) in [5.41, 5.74) is 5.45. The summed E-state index contributed by atoms with van der Waals surface area (Å²) in [6.45, 7) is 27.7. The lowest BCUT2D eigenvalue weighted by molar-refractivity contribution is -0.148. The normalized spacial score (nSPS) is 13.7. The number of carboxylic acid groups (broad SMARTS) is 2. The van der Waals surface area contributed by atoms with Crippen LogP contribution in [0.5, 0.6) is 0 Å². The molecule has 63 heavy (non-hydrogen) atoms. The van der Waals surface area contributed by atoms with Crippen molar-refractivity contribution in [3.63, 3.8) is 0 Å². The molecule has 0 fully saturated rings. The number of aliphatic carboxylic acids is 2. The summed E-state index contributed by atoms with van der Waals surface area (Å²) in [5, 5.41) is 25.5. The van der Waals surface area contributed by atoms with Gasteiger partial charge in [-0.1, -0.05) is 83.1 Å². The number of ketones is 2. The van der Waals surface area contributed by atoms with Crippen LogP contribution in [-0.2, 0) is 52.6 Å². The molecule has 17 heteroatoms. The van der Waals surface area contributed by atoms with E-state index in [9.17, 15) is 48.3 Å². The van der Waals surface area contributed by atoms with E-state index in [-0.39, 0.29) is 77.7 Å². The van der Waals surface area contributed by atoms with Crippen LogP contribution in [0.1, 0.15) is 155 Å². The Morgan fingerprint density at radius 3 is 0.984 bits per heavy atom. The molecule has 0 bridgehead atoms. The number of nitrogens with two attached hydrogens (primary N) is 1. The third-order valence-electron chi connectivity index (χ3n) is 8.85. The third-order valence-corrected chi connectivity index (χ3v) is 8.85. The number of Topliss-reactive ketones (excluding diaryl/α,β-unsaturated/α-hetero) is 2. The standard InChI is InChI=1S/C16H29NO4.C15H27NO4.C8H15NO3.C7H15NO2/c1-10(2)7-13(16(20)21-6)9-15(19)14(8-11(3)4)17-12(5)18;1-9(2)6-12(15(19)20)8-14(18)13(7-10(3)4)16-11(5)17;1-5(2)4-7(8(11)12)9-6(3)10;1-5(2)4-6(8)7(9)10-3/h10-11,13-14H,7-9H2,1-6H3,(H,17,18);9-10,12-13H,6-8H2,1-5H3,(H,16,17)(H,19,20);5,7H,4H2,1-3H3,(H,9,10)(H,11,12);5-6H,4,8H2,1-3H3/t13-,14+;12-,13+;7-;6-/m1100/s1. The van der Waals surface area contributed by atoms with Crippen LogP contribution < -0.4 is 21.7 Å². The molecule has 7 N–H and O–H groups in total. The van der Waals surface area contributed by atoms with Crippen LogP contribution >= 0.6 is 0 Å². The molecule has 0 aliphatic heterocycles. The molecule has 0 aliphatic carbocycles. The summed E-state index contributed by atoms with van der Waals surface area (Å²) in [6.07, 6.45) is 3.43. The van der Waals surface area contributed by atoms with Crippen molar-refractivity contribution in [2.75, 3.05) is 14.2 Å². The van der Waals surface area contributed by atoms with Gasteiger partial charge in [0.1, 0.15) is 12.1 Å². The van der Waals surface area contributed by atoms with E-state index in [0.717, 1.165) is 0 Å². The van der Waals surface area contributed by atoms with E-state index in [1.165, 1.54) is 35.0 Å². The lowest BCUT2D eigenvalue weighted by atomic mass is 9.88. The quantitative estimate of drug-likeness (QED) is 0.0598. The van der Waals surface area contributed by atoms with E-state index in [0.29, 0.717) is 50.4 Å². The van der Waals surface area contributed by atoms with Crippen molar-refractivity contribution in [1.29, 1.82) is 0 Å². The van der Waals surface area contributed by atoms with Gasteiger partial charge in [-0.3, -0.25) is 38.4 Å². The van der Waals surface area contributed by atoms with E-state index in [1.807, 2.05) is 83.1 Å². The van der Waals surface area contributed by atoms with Crippen molar-refractivity contribution in [2.45, 2.75) is 179 Å². The second-order valence-corrected chi connectivity index (χ2v) is 18.6. The molecule has 0 saturated carbocycles. The fourth-order valence-electron chi connectivity index (χ4n) is 6.28. The molecule has 0 aromatic carbocycles. The second-order valence-electron chi connectivity index (χ2n) is 18.6. The number of carbonyl (C=O) groups is 9. The molecule has 0 radical (unpaired) electrons. The van der Waals surface area contributed by atoms with Crippen LogP contribution in [0, 0.1) is 47.3 Å². The molecule has 368 valence electrons. The second kappa shape index (κ2) is 36.0. The van der Waals surface area contributed by atoms with Gasteiger partial charge in [0.25, 0.3) is 0 Å². The van der Waals surface area contributed by atoms with Gasteiger partial charge in [0.15, 0.2) is 11.6 Å². The average Bonchev–Trinajstić information content (AvgIpc) is 3.11. The van der Waals surface area contributed by atoms with Crippen molar-refractivity contribution in [1.82, 2.24) is 16.0 Å². The fraction of sp³-hybridized carbons (Fsp3) is 0.804. The maximum absolute atomic E-state index is 12.4. The van der Waals surface area contributed by atoms with Crippen LogP contribution in [0.2, 0.25) is 0 Å². The molecule has 3 amide bonds. The summed E-state index contributed by atoms with van der Waals surface area (Å²) in [4.78, 5) is 102. The molecule has 0 aromatic heterocycles. The minimum atomic E-state index is -0.973. The Kier molecular flexibility index (Phi) is 37.2. The van der Waals surface area contributed by atoms with Crippen molar-refractivity contribution in [3.05, 3.63) is 0 Å². The zero-order valence-electron chi connectivity index (χ0n) is 41.5. The highest BCUT2D eigenvalue weighted by Gasteiger charge is 2.30. The molecule has 0 heterocycles. The molecule has 0 spiro atoms. The lowest BCUT2D eigenvalue weighted by Crippen LogP contribution is -2.42. The first-order chi connectivity index (χ1) is 28.8. The monoisotopic (exact) mass is 903 g/mol. The minimum Gasteiger partial charge on any atom is -0.481 e. The maximum Gasteiger partial charge on any atom is 0.326 e. The predicted molar refractivity (Wildman–Crippen MR) is 243 cm³/mol. The largest absolute Gasteiger partial charge is 0.481 e. The van der Waals surface area contributed by atoms with Crippen molar-refractivity contribution in [2.24, 2.45) is 53.1 Å². The van der Waals surface area contributed by atoms with Gasteiger partial charge in [-0.2, -0.15) is 0 Å². The zero-order valence-corrected chi connectivity index (χ0v) is 41.5. The molecule has 0 aromatic rings. The highest BCUT2D eigenvalue weighted by molar-refractivity contribution is 5.92. The van der Waals surface area contributed by atoms with Crippen LogP contribution in [0.15, 0.2) is 0 Å². The molecule has 6 atom stereocenters. The van der Waals surface area contributed by atoms with Crippen LogP contribution in [-0.4, -0.2) is 102 Å². The Hall–Kier alpha value is -4.41. The highest BCUT2D eigenvalue weighted by Crippen LogP contribution is 2.21. The highest BCUT2D eigenvalue weighted by atomic mass is 16.5. The van der Waals surface area contributed by atoms with Gasteiger partial charge in [0.2, 0.25) is 17.7 Å². The molecule has 0 saturated heterocycles. The number of hydrogen-bond donors (Lipinski definition) is 6. The number of esters is 2. The first-order valence-electron chi connectivity index (χ1n) is 22.0. The minimum absolute atomic E-state index is 0.0226. The van der Waals surface area contributed by atoms with Crippen LogP contribution in [0.25, 0.3) is 0 Å². The number of methoxy groups -OCH3 is 2. The third kappa shape index (κ3) is 39.0. The fourth-order valence-corrected chi connectivity index (χ4v) is 6.28. The summed E-state index contributed by atoms with van der Waals surface area (Å²) in [6, 6.07) is -2.31. The number of carbonyl (C=O) groups excluding carboxylic acids is 7. The van der Waals surface area contributed by atoms with Gasteiger partial charge in [-0.15, -0.1) is 0 Å². The Morgan fingerprint density at radius 2 is 0.714 bits per heavy atom. The first-order valence-corrected chi connectivity index (χ1v) is 22.0. The maximum atomic E-state index is 12.4. The van der Waals surface area contributed by atoms with Crippen molar-refractivity contribution in [3.8, 4) is 0 Å². The Bertz CT molecular complexity index is 1400. The van der Waals surface area contributed by atoms with Gasteiger partial charge >= 0.3 is 23.9 Å². The molecule has 17 nitrogen and oxygen atoms in total. The number of carboxylic acids is 2. The Morgan fingerprint density at radius 1 is 0.429 bits per heavy atom. The predicted octanol–water partition coefficient (Wildman–Crippen LogP) is 5.73.